The molecule has 0 heterocycles. The predicted molar refractivity (Wildman–Crippen MR) is 207 cm³/mol. The molecule has 0 unspecified atom stereocenters. The van der Waals surface area contributed by atoms with E-state index in [9.17, 15) is 14.2 Å². The summed E-state index contributed by atoms with van der Waals surface area (Å²) in [6.45, 7) is 3.57. The topological polar surface area (TPSA) is 119 Å². The van der Waals surface area contributed by atoms with Crippen LogP contribution < -0.4 is 0 Å². The maximum absolute atomic E-state index is 12.4. The first-order valence-electron chi connectivity index (χ1n) is 20.3. The van der Waals surface area contributed by atoms with Gasteiger partial charge in [-0.2, -0.15) is 0 Å². The number of ether oxygens (including phenoxy) is 2. The van der Waals surface area contributed by atoms with Crippen LogP contribution in [0.25, 0.3) is 0 Å². The van der Waals surface area contributed by atoms with Gasteiger partial charge in [0.15, 0.2) is 6.10 Å². The zero-order valence-electron chi connectivity index (χ0n) is 32.0. The Labute approximate surface area is 306 Å². The van der Waals surface area contributed by atoms with E-state index in [4.69, 9.17) is 19.3 Å². The number of unbranched alkanes of at least 4 members (excludes halogenated alkanes) is 21. The van der Waals surface area contributed by atoms with Crippen molar-refractivity contribution in [2.75, 3.05) is 13.2 Å². The lowest BCUT2D eigenvalue weighted by Gasteiger charge is -2.18. The molecule has 0 aliphatic carbocycles. The van der Waals surface area contributed by atoms with Crippen LogP contribution in [0.3, 0.4) is 0 Å². The second-order valence-corrected chi connectivity index (χ2v) is 14.8. The Kier molecular flexibility index (Phi) is 35.8. The predicted octanol–water partition coefficient (Wildman–Crippen LogP) is 12.2. The van der Waals surface area contributed by atoms with Gasteiger partial charge in [-0.3, -0.25) is 14.1 Å². The fourth-order valence-electron chi connectivity index (χ4n) is 5.68. The Hall–Kier alpha value is -1.73. The van der Waals surface area contributed by atoms with Gasteiger partial charge in [0.2, 0.25) is 0 Å². The van der Waals surface area contributed by atoms with Gasteiger partial charge in [0, 0.05) is 12.8 Å². The number of hydrogen-bond acceptors (Lipinski definition) is 6. The van der Waals surface area contributed by atoms with Crippen LogP contribution in [0.4, 0.5) is 0 Å². The molecule has 0 aliphatic rings. The van der Waals surface area contributed by atoms with Crippen LogP contribution in [-0.4, -0.2) is 41.0 Å². The van der Waals surface area contributed by atoms with Gasteiger partial charge in [0.25, 0.3) is 0 Å². The van der Waals surface area contributed by atoms with Crippen LogP contribution in [0.5, 0.6) is 0 Å². The molecule has 0 bridgehead atoms. The normalized spacial score (nSPS) is 12.8. The number of phosphoric ester groups is 1. The molecular formula is C41H75O8P. The van der Waals surface area contributed by atoms with Crippen molar-refractivity contribution in [1.82, 2.24) is 0 Å². The third-order valence-electron chi connectivity index (χ3n) is 8.67. The van der Waals surface area contributed by atoms with Crippen LogP contribution in [0.2, 0.25) is 0 Å². The van der Waals surface area contributed by atoms with Crippen molar-refractivity contribution >= 4 is 19.8 Å². The lowest BCUT2D eigenvalue weighted by atomic mass is 10.0. The maximum Gasteiger partial charge on any atom is 0.469 e. The summed E-state index contributed by atoms with van der Waals surface area (Å²) in [5.74, 6) is -0.899. The van der Waals surface area contributed by atoms with E-state index in [1.54, 1.807) is 0 Å². The number of phosphoric acid groups is 1. The molecule has 0 saturated heterocycles. The van der Waals surface area contributed by atoms with E-state index in [2.05, 4.69) is 54.8 Å². The first-order chi connectivity index (χ1) is 24.3. The number of hydrogen-bond donors (Lipinski definition) is 2. The monoisotopic (exact) mass is 727 g/mol. The van der Waals surface area contributed by atoms with E-state index in [0.717, 1.165) is 70.6 Å². The number of carbonyl (C=O) groups is 2. The summed E-state index contributed by atoms with van der Waals surface area (Å²) in [7, 11) is -4.75. The molecule has 0 aromatic heterocycles. The molecular weight excluding hydrogens is 651 g/mol. The maximum atomic E-state index is 12.4. The summed E-state index contributed by atoms with van der Waals surface area (Å²) in [6.07, 6.45) is 42.9. The summed E-state index contributed by atoms with van der Waals surface area (Å²) in [5, 5.41) is 0. The van der Waals surface area contributed by atoms with Gasteiger partial charge in [-0.25, -0.2) is 4.57 Å². The quantitative estimate of drug-likeness (QED) is 0.0281. The SMILES string of the molecule is CC/C=C/C/C=C/C/C=C/CCCCCCCC(=O)O[C@H](COC(=O)CCCCCCCCCCCCCCCCCCC)COP(=O)(O)O. The van der Waals surface area contributed by atoms with E-state index >= 15 is 0 Å². The van der Waals surface area contributed by atoms with E-state index in [0.29, 0.717) is 6.42 Å². The van der Waals surface area contributed by atoms with Crippen molar-refractivity contribution in [2.24, 2.45) is 0 Å². The van der Waals surface area contributed by atoms with Crippen molar-refractivity contribution in [1.29, 1.82) is 0 Å². The van der Waals surface area contributed by atoms with Crippen molar-refractivity contribution < 1.29 is 37.9 Å². The summed E-state index contributed by atoms with van der Waals surface area (Å²) in [5.41, 5.74) is 0. The van der Waals surface area contributed by atoms with Gasteiger partial charge in [-0.1, -0.05) is 172 Å². The summed E-state index contributed by atoms with van der Waals surface area (Å²) < 4.78 is 26.3. The van der Waals surface area contributed by atoms with Crippen molar-refractivity contribution in [3.05, 3.63) is 36.5 Å². The number of rotatable bonds is 37. The van der Waals surface area contributed by atoms with Gasteiger partial charge in [-0.05, 0) is 44.9 Å². The van der Waals surface area contributed by atoms with E-state index < -0.39 is 32.5 Å². The van der Waals surface area contributed by atoms with Crippen LogP contribution in [0.15, 0.2) is 36.5 Å². The molecule has 0 rings (SSSR count). The van der Waals surface area contributed by atoms with Gasteiger partial charge in [0.1, 0.15) is 6.61 Å². The van der Waals surface area contributed by atoms with Crippen LogP contribution >= 0.6 is 7.82 Å². The minimum atomic E-state index is -4.75. The third-order valence-corrected chi connectivity index (χ3v) is 9.16. The lowest BCUT2D eigenvalue weighted by Crippen LogP contribution is -2.29. The van der Waals surface area contributed by atoms with Crippen molar-refractivity contribution in [3.8, 4) is 0 Å². The molecule has 292 valence electrons. The van der Waals surface area contributed by atoms with Crippen LogP contribution in [0.1, 0.15) is 194 Å². The minimum Gasteiger partial charge on any atom is -0.462 e. The molecule has 9 heteroatoms. The smallest absolute Gasteiger partial charge is 0.462 e. The first kappa shape index (κ1) is 48.3. The molecule has 0 spiro atoms. The average Bonchev–Trinajstić information content (AvgIpc) is 3.08. The number of esters is 2. The number of allylic oxidation sites excluding steroid dienone is 6. The molecule has 0 aliphatic heterocycles. The molecule has 8 nitrogen and oxygen atoms in total. The molecule has 0 fully saturated rings. The fourth-order valence-corrected chi connectivity index (χ4v) is 6.04. The summed E-state index contributed by atoms with van der Waals surface area (Å²) >= 11 is 0. The van der Waals surface area contributed by atoms with Gasteiger partial charge in [-0.15, -0.1) is 0 Å². The summed E-state index contributed by atoms with van der Waals surface area (Å²) in [4.78, 5) is 42.8. The second kappa shape index (κ2) is 37.0. The Bertz CT molecular complexity index is 910. The van der Waals surface area contributed by atoms with Gasteiger partial charge < -0.3 is 19.3 Å². The van der Waals surface area contributed by atoms with Crippen molar-refractivity contribution in [2.45, 2.75) is 200 Å². The first-order valence-corrected chi connectivity index (χ1v) is 21.8. The minimum absolute atomic E-state index is 0.194. The highest BCUT2D eigenvalue weighted by atomic mass is 31.2. The second-order valence-electron chi connectivity index (χ2n) is 13.6. The average molecular weight is 727 g/mol. The molecule has 0 aromatic carbocycles. The van der Waals surface area contributed by atoms with Crippen LogP contribution in [0, 0.1) is 0 Å². The van der Waals surface area contributed by atoms with E-state index in [-0.39, 0.29) is 19.4 Å². The Morgan fingerprint density at radius 3 is 1.44 bits per heavy atom. The lowest BCUT2D eigenvalue weighted by molar-refractivity contribution is -0.161. The third kappa shape index (κ3) is 39.1. The Morgan fingerprint density at radius 1 is 0.540 bits per heavy atom. The fraction of sp³-hybridized carbons (Fsp3) is 0.805. The van der Waals surface area contributed by atoms with E-state index in [1.165, 1.54) is 89.9 Å². The highest BCUT2D eigenvalue weighted by Gasteiger charge is 2.22. The Balaban J connectivity index is 3.93. The summed E-state index contributed by atoms with van der Waals surface area (Å²) in [6, 6.07) is 0. The van der Waals surface area contributed by atoms with E-state index in [1.807, 2.05) is 0 Å². The highest BCUT2D eigenvalue weighted by molar-refractivity contribution is 7.46. The molecule has 0 amide bonds. The van der Waals surface area contributed by atoms with Gasteiger partial charge in [0.05, 0.1) is 6.61 Å². The zero-order chi connectivity index (χ0) is 36.8. The standard InChI is InChI=1S/C41H75O8P/c1-3-5-7-9-11-13-15-17-19-20-22-23-25-27-29-31-33-35-40(42)47-37-39(38-48-50(44,45)46)49-41(43)36-34-32-30-28-26-24-21-18-16-14-12-10-8-6-4-2/h6,8,12,14,18,21,39H,3-5,7,9-11,13,15-17,19-20,22-38H2,1-2H3,(H2,44,45,46)/b8-6+,14-12+,21-18+/t39-/m1/s1. The van der Waals surface area contributed by atoms with Crippen molar-refractivity contribution in [3.63, 3.8) is 0 Å². The van der Waals surface area contributed by atoms with Crippen LogP contribution in [-0.2, 0) is 28.2 Å². The number of carbonyl (C=O) groups excluding carboxylic acids is 2. The molecule has 50 heavy (non-hydrogen) atoms. The zero-order valence-corrected chi connectivity index (χ0v) is 32.9. The molecule has 0 radical (unpaired) electrons. The largest absolute Gasteiger partial charge is 0.469 e. The molecule has 0 aromatic rings. The molecule has 1 atom stereocenters. The van der Waals surface area contributed by atoms with Gasteiger partial charge >= 0.3 is 19.8 Å². The Morgan fingerprint density at radius 2 is 0.960 bits per heavy atom. The molecule has 2 N–H and O–H groups in total. The highest BCUT2D eigenvalue weighted by Crippen LogP contribution is 2.36. The molecule has 0 saturated carbocycles.